The summed E-state index contributed by atoms with van der Waals surface area (Å²) >= 11 is 1.08. The minimum atomic E-state index is -4.62. The summed E-state index contributed by atoms with van der Waals surface area (Å²) in [4.78, 5) is 17.3. The average molecular weight is 513 g/mol. The minimum absolute atomic E-state index is 0.0215. The van der Waals surface area contributed by atoms with E-state index < -0.39 is 23.8 Å². The Kier molecular flexibility index (Phi) is 7.25. The van der Waals surface area contributed by atoms with Crippen LogP contribution in [0.4, 0.5) is 18.3 Å². The molecule has 1 atom stereocenters. The third-order valence-corrected chi connectivity index (χ3v) is 5.73. The Morgan fingerprint density at radius 1 is 1.22 bits per heavy atom. The SMILES string of the molecule is COc1ccc(C(F)(F)F)cc1-c1cc(C#CC(C)O)ncc1C(=O)Nc1nnc(C#CC2CC2)s1. The highest BCUT2D eigenvalue weighted by Gasteiger charge is 2.32. The lowest BCUT2D eigenvalue weighted by molar-refractivity contribution is -0.137. The molecule has 2 heterocycles. The van der Waals surface area contributed by atoms with Crippen LogP contribution in [0.2, 0.25) is 0 Å². The van der Waals surface area contributed by atoms with Crippen molar-refractivity contribution in [1.82, 2.24) is 15.2 Å². The quantitative estimate of drug-likeness (QED) is 0.504. The molecule has 36 heavy (non-hydrogen) atoms. The Labute approximate surface area is 208 Å². The predicted molar refractivity (Wildman–Crippen MR) is 127 cm³/mol. The van der Waals surface area contributed by atoms with Crippen LogP contribution in [0.1, 0.15) is 46.4 Å². The summed E-state index contributed by atoms with van der Waals surface area (Å²) in [5, 5.41) is 20.5. The highest BCUT2D eigenvalue weighted by atomic mass is 32.1. The monoisotopic (exact) mass is 512 g/mol. The number of rotatable bonds is 4. The van der Waals surface area contributed by atoms with Gasteiger partial charge >= 0.3 is 6.18 Å². The number of carbonyl (C=O) groups excluding carboxylic acids is 1. The first-order valence-electron chi connectivity index (χ1n) is 10.8. The number of amides is 1. The Morgan fingerprint density at radius 2 is 2.00 bits per heavy atom. The fraction of sp³-hybridized carbons (Fsp3) is 0.280. The molecule has 1 aliphatic rings. The summed E-state index contributed by atoms with van der Waals surface area (Å²) in [6, 6.07) is 4.34. The lowest BCUT2D eigenvalue weighted by Gasteiger charge is -2.15. The highest BCUT2D eigenvalue weighted by molar-refractivity contribution is 7.15. The van der Waals surface area contributed by atoms with Crippen LogP contribution in [0.5, 0.6) is 5.75 Å². The fourth-order valence-electron chi connectivity index (χ4n) is 3.08. The van der Waals surface area contributed by atoms with Crippen LogP contribution >= 0.6 is 11.3 Å². The molecule has 4 rings (SSSR count). The van der Waals surface area contributed by atoms with E-state index in [2.05, 4.69) is 44.2 Å². The lowest BCUT2D eigenvalue weighted by Crippen LogP contribution is -2.14. The van der Waals surface area contributed by atoms with Gasteiger partial charge in [0.25, 0.3) is 5.91 Å². The summed E-state index contributed by atoms with van der Waals surface area (Å²) in [6.45, 7) is 1.46. The van der Waals surface area contributed by atoms with E-state index in [1.54, 1.807) is 0 Å². The van der Waals surface area contributed by atoms with Gasteiger partial charge in [-0.2, -0.15) is 13.2 Å². The number of nitrogens with one attached hydrogen (secondary N) is 1. The van der Waals surface area contributed by atoms with Gasteiger partial charge in [-0.1, -0.05) is 23.2 Å². The molecule has 1 fully saturated rings. The van der Waals surface area contributed by atoms with Crippen molar-refractivity contribution in [3.8, 4) is 40.6 Å². The molecule has 0 bridgehead atoms. The van der Waals surface area contributed by atoms with Crippen molar-refractivity contribution < 1.29 is 27.8 Å². The first-order chi connectivity index (χ1) is 17.1. The molecule has 1 aliphatic carbocycles. The van der Waals surface area contributed by atoms with Gasteiger partial charge in [0.15, 0.2) is 5.01 Å². The van der Waals surface area contributed by atoms with Gasteiger partial charge in [-0.15, -0.1) is 10.2 Å². The lowest BCUT2D eigenvalue weighted by atomic mass is 9.97. The molecular weight excluding hydrogens is 493 g/mol. The van der Waals surface area contributed by atoms with E-state index in [9.17, 15) is 23.1 Å². The number of pyridine rings is 1. The van der Waals surface area contributed by atoms with Crippen LogP contribution in [0.3, 0.4) is 0 Å². The van der Waals surface area contributed by atoms with E-state index in [0.717, 1.165) is 36.3 Å². The second-order valence-electron chi connectivity index (χ2n) is 7.88. The third kappa shape index (κ3) is 6.19. The molecule has 3 aromatic rings. The number of benzene rings is 1. The van der Waals surface area contributed by atoms with Crippen LogP contribution in [0, 0.1) is 29.6 Å². The highest BCUT2D eigenvalue weighted by Crippen LogP contribution is 2.38. The normalized spacial score (nSPS) is 13.6. The molecule has 0 radical (unpaired) electrons. The van der Waals surface area contributed by atoms with Crippen molar-refractivity contribution in [2.75, 3.05) is 12.4 Å². The summed E-state index contributed by atoms with van der Waals surface area (Å²) in [5.41, 5.74) is -0.667. The second kappa shape index (κ2) is 10.4. The number of aliphatic hydroxyl groups is 1. The van der Waals surface area contributed by atoms with Crippen molar-refractivity contribution in [1.29, 1.82) is 0 Å². The number of hydrogen-bond donors (Lipinski definition) is 2. The maximum absolute atomic E-state index is 13.5. The maximum Gasteiger partial charge on any atom is 0.416 e. The van der Waals surface area contributed by atoms with E-state index in [4.69, 9.17) is 4.74 Å². The Hall–Kier alpha value is -3.93. The molecule has 7 nitrogen and oxygen atoms in total. The number of aliphatic hydroxyl groups excluding tert-OH is 1. The number of aromatic nitrogens is 3. The summed E-state index contributed by atoms with van der Waals surface area (Å²) < 4.78 is 45.7. The Balaban J connectivity index is 1.75. The van der Waals surface area contributed by atoms with Gasteiger partial charge in [-0.05, 0) is 55.9 Å². The first-order valence-corrected chi connectivity index (χ1v) is 11.6. The van der Waals surface area contributed by atoms with Crippen molar-refractivity contribution >= 4 is 22.4 Å². The largest absolute Gasteiger partial charge is 0.496 e. The number of alkyl halides is 3. The zero-order chi connectivity index (χ0) is 25.9. The average Bonchev–Trinajstić information content (AvgIpc) is 3.57. The van der Waals surface area contributed by atoms with Crippen LogP contribution in [-0.4, -0.2) is 39.4 Å². The molecular formula is C25H19F3N4O3S. The van der Waals surface area contributed by atoms with Crippen molar-refractivity contribution in [3.05, 3.63) is 52.3 Å². The van der Waals surface area contributed by atoms with E-state index in [1.165, 1.54) is 32.4 Å². The van der Waals surface area contributed by atoms with Gasteiger partial charge in [0.05, 0.1) is 18.2 Å². The molecule has 0 aliphatic heterocycles. The second-order valence-corrected chi connectivity index (χ2v) is 8.86. The number of carbonyl (C=O) groups is 1. The number of methoxy groups -OCH3 is 1. The van der Waals surface area contributed by atoms with Crippen molar-refractivity contribution in [2.45, 2.75) is 32.0 Å². The molecule has 2 N–H and O–H groups in total. The van der Waals surface area contributed by atoms with Crippen LogP contribution in [0.15, 0.2) is 30.5 Å². The number of hydrogen-bond acceptors (Lipinski definition) is 7. The van der Waals surface area contributed by atoms with Crippen LogP contribution in [-0.2, 0) is 6.18 Å². The van der Waals surface area contributed by atoms with Crippen LogP contribution < -0.4 is 10.1 Å². The van der Waals surface area contributed by atoms with E-state index in [1.807, 2.05) is 0 Å². The van der Waals surface area contributed by atoms with Gasteiger partial charge < -0.3 is 9.84 Å². The van der Waals surface area contributed by atoms with Gasteiger partial charge in [0.1, 0.15) is 17.5 Å². The topological polar surface area (TPSA) is 97.2 Å². The van der Waals surface area contributed by atoms with Crippen molar-refractivity contribution in [3.63, 3.8) is 0 Å². The Bertz CT molecular complexity index is 1420. The number of anilines is 1. The smallest absolute Gasteiger partial charge is 0.416 e. The first kappa shape index (κ1) is 25.2. The van der Waals surface area contributed by atoms with E-state index in [-0.39, 0.29) is 33.3 Å². The number of ether oxygens (including phenoxy) is 1. The molecule has 1 amide bonds. The van der Waals surface area contributed by atoms with Crippen LogP contribution in [0.25, 0.3) is 11.1 Å². The number of nitrogens with zero attached hydrogens (tertiary/aromatic N) is 3. The number of halogens is 3. The zero-order valence-corrected chi connectivity index (χ0v) is 19.9. The molecule has 2 aromatic heterocycles. The van der Waals surface area contributed by atoms with Crippen molar-refractivity contribution in [2.24, 2.45) is 5.92 Å². The molecule has 184 valence electrons. The van der Waals surface area contributed by atoms with Gasteiger partial charge in [0, 0.05) is 23.2 Å². The zero-order valence-electron chi connectivity index (χ0n) is 19.1. The molecule has 11 heteroatoms. The third-order valence-electron chi connectivity index (χ3n) is 4.98. The van der Waals surface area contributed by atoms with Gasteiger partial charge in [-0.25, -0.2) is 4.98 Å². The predicted octanol–water partition coefficient (Wildman–Crippen LogP) is 4.37. The summed E-state index contributed by atoms with van der Waals surface area (Å²) in [6.07, 6.45) is -2.25. The van der Waals surface area contributed by atoms with Gasteiger partial charge in [0.2, 0.25) is 5.13 Å². The molecule has 1 aromatic carbocycles. The molecule has 1 saturated carbocycles. The maximum atomic E-state index is 13.5. The Morgan fingerprint density at radius 3 is 2.67 bits per heavy atom. The summed E-state index contributed by atoms with van der Waals surface area (Å²) in [5.74, 6) is 11.0. The van der Waals surface area contributed by atoms with E-state index in [0.29, 0.717) is 10.9 Å². The fourth-order valence-corrected chi connectivity index (χ4v) is 3.68. The van der Waals surface area contributed by atoms with E-state index >= 15 is 0 Å². The standard InChI is InChI=1S/C25H19F3N4O3S/c1-14(33)3-8-17-12-18(19-11-16(25(26,27)28)7-9-21(19)35-2)20(13-29-17)23(34)30-24-32-31-22(36-24)10-6-15-4-5-15/h7,9,11-15,33H,4-5H2,1-2H3,(H,30,32,34). The summed E-state index contributed by atoms with van der Waals surface area (Å²) in [7, 11) is 1.31. The molecule has 1 unspecified atom stereocenters. The molecule has 0 spiro atoms. The van der Waals surface area contributed by atoms with Gasteiger partial charge in [-0.3, -0.25) is 10.1 Å². The minimum Gasteiger partial charge on any atom is -0.496 e. The molecule has 0 saturated heterocycles.